The predicted octanol–water partition coefficient (Wildman–Crippen LogP) is 5.15. The minimum Gasteiger partial charge on any atom is -0.328 e. The van der Waals surface area contributed by atoms with Crippen LogP contribution in [0.5, 0.6) is 0 Å². The summed E-state index contributed by atoms with van der Waals surface area (Å²) >= 11 is 0. The molecule has 0 saturated carbocycles. The topological polar surface area (TPSA) is 37.4 Å². The Morgan fingerprint density at radius 3 is 1.90 bits per heavy atom. The van der Waals surface area contributed by atoms with Crippen molar-refractivity contribution in [1.82, 2.24) is 4.90 Å². The zero-order valence-electron chi connectivity index (χ0n) is 16.6. The molecule has 3 atom stereocenters. The van der Waals surface area contributed by atoms with Crippen molar-refractivity contribution in [2.45, 2.75) is 31.8 Å². The van der Waals surface area contributed by atoms with Gasteiger partial charge in [0.05, 0.1) is 12.1 Å². The van der Waals surface area contributed by atoms with Crippen molar-refractivity contribution in [2.24, 2.45) is 5.92 Å². The molecule has 1 aliphatic heterocycles. The molecule has 0 aromatic heterocycles. The highest BCUT2D eigenvalue weighted by molar-refractivity contribution is 5.87. The van der Waals surface area contributed by atoms with Gasteiger partial charge in [0.15, 0.2) is 0 Å². The van der Waals surface area contributed by atoms with Crippen LogP contribution in [0.25, 0.3) is 0 Å². The lowest BCUT2D eigenvalue weighted by Gasteiger charge is -2.46. The van der Waals surface area contributed by atoms with Gasteiger partial charge in [0.25, 0.3) is 0 Å². The molecular weight excluding hydrogens is 358 g/mol. The van der Waals surface area contributed by atoms with E-state index in [-0.39, 0.29) is 29.7 Å². The maximum Gasteiger partial charge on any atom is 0.220 e. The summed E-state index contributed by atoms with van der Waals surface area (Å²) in [7, 11) is 0. The summed E-state index contributed by atoms with van der Waals surface area (Å²) in [5.41, 5.74) is 3.14. The van der Waals surface area contributed by atoms with Crippen LogP contribution in [0.2, 0.25) is 0 Å². The van der Waals surface area contributed by atoms with Crippen LogP contribution in [-0.2, 0) is 16.0 Å². The van der Waals surface area contributed by atoms with Gasteiger partial charge in [-0.2, -0.15) is 0 Å². The fourth-order valence-electron chi connectivity index (χ4n) is 4.51. The van der Waals surface area contributed by atoms with Gasteiger partial charge in [-0.15, -0.1) is 0 Å². The van der Waals surface area contributed by atoms with Crippen LogP contribution in [0, 0.1) is 5.92 Å². The van der Waals surface area contributed by atoms with Crippen LogP contribution in [-0.4, -0.2) is 16.6 Å². The molecule has 3 unspecified atom stereocenters. The second kappa shape index (κ2) is 8.44. The number of nitrogens with zero attached hydrogens (tertiary/aromatic N) is 1. The number of carbonyl (C=O) groups is 2. The molecule has 3 aromatic carbocycles. The number of Topliss-reactive ketones (excluding diaryl/α,β-unsaturated/α-hetero) is 1. The fraction of sp³-hybridized carbons (Fsp3) is 0.231. The Labute approximate surface area is 172 Å². The summed E-state index contributed by atoms with van der Waals surface area (Å²) in [6.45, 7) is 1.61. The number of rotatable bonds is 4. The summed E-state index contributed by atoms with van der Waals surface area (Å²) in [4.78, 5) is 28.2. The maximum absolute atomic E-state index is 13.4. The normalized spacial score (nSPS) is 21.8. The Morgan fingerprint density at radius 1 is 0.828 bits per heavy atom. The third-order valence-electron chi connectivity index (χ3n) is 5.81. The lowest BCUT2D eigenvalue weighted by Crippen LogP contribution is -2.48. The first-order valence-corrected chi connectivity index (χ1v) is 10.1. The van der Waals surface area contributed by atoms with Crippen molar-refractivity contribution in [1.29, 1.82) is 0 Å². The minimum absolute atomic E-state index is 0.00160. The van der Waals surface area contributed by atoms with E-state index in [1.807, 2.05) is 83.8 Å². The standard InChI is InChI=1S/C26H25NO2/c1-19(28)27-24(21-13-7-3-8-14-21)18-25(29)23(17-20-11-5-2-6-12-20)26(27)22-15-9-4-10-16-22/h2-16,23-24,26H,17-18H2,1H3. The highest BCUT2D eigenvalue weighted by atomic mass is 16.2. The number of carbonyl (C=O) groups excluding carboxylic acids is 2. The Bertz CT molecular complexity index is 969. The number of hydrogen-bond acceptors (Lipinski definition) is 2. The lowest BCUT2D eigenvalue weighted by molar-refractivity contribution is -0.145. The van der Waals surface area contributed by atoms with Crippen LogP contribution < -0.4 is 0 Å². The average molecular weight is 383 g/mol. The van der Waals surface area contributed by atoms with E-state index in [1.165, 1.54) is 0 Å². The molecule has 0 radical (unpaired) electrons. The highest BCUT2D eigenvalue weighted by Gasteiger charge is 2.44. The van der Waals surface area contributed by atoms with E-state index in [4.69, 9.17) is 0 Å². The lowest BCUT2D eigenvalue weighted by atomic mass is 9.76. The Kier molecular flexibility index (Phi) is 5.57. The second-order valence-corrected chi connectivity index (χ2v) is 7.67. The third kappa shape index (κ3) is 4.00. The van der Waals surface area contributed by atoms with E-state index in [0.29, 0.717) is 12.8 Å². The maximum atomic E-state index is 13.4. The van der Waals surface area contributed by atoms with E-state index >= 15 is 0 Å². The molecule has 29 heavy (non-hydrogen) atoms. The van der Waals surface area contributed by atoms with Crippen LogP contribution in [0.15, 0.2) is 91.0 Å². The van der Waals surface area contributed by atoms with Gasteiger partial charge in [0.1, 0.15) is 5.78 Å². The van der Waals surface area contributed by atoms with Crippen LogP contribution in [0.3, 0.4) is 0 Å². The van der Waals surface area contributed by atoms with Crippen LogP contribution in [0.4, 0.5) is 0 Å². The van der Waals surface area contributed by atoms with E-state index in [9.17, 15) is 9.59 Å². The molecule has 3 aromatic rings. The van der Waals surface area contributed by atoms with Crippen molar-refractivity contribution in [2.75, 3.05) is 0 Å². The number of benzene rings is 3. The molecule has 1 saturated heterocycles. The average Bonchev–Trinajstić information content (AvgIpc) is 2.76. The molecule has 1 amide bonds. The van der Waals surface area contributed by atoms with Crippen molar-refractivity contribution >= 4 is 11.7 Å². The fourth-order valence-corrected chi connectivity index (χ4v) is 4.51. The molecule has 0 spiro atoms. The van der Waals surface area contributed by atoms with Crippen molar-refractivity contribution in [3.05, 3.63) is 108 Å². The molecule has 1 fully saturated rings. The smallest absolute Gasteiger partial charge is 0.220 e. The molecule has 0 N–H and O–H groups in total. The predicted molar refractivity (Wildman–Crippen MR) is 114 cm³/mol. The van der Waals surface area contributed by atoms with Gasteiger partial charge in [-0.1, -0.05) is 91.0 Å². The monoisotopic (exact) mass is 383 g/mol. The van der Waals surface area contributed by atoms with Gasteiger partial charge in [-0.25, -0.2) is 0 Å². The third-order valence-corrected chi connectivity index (χ3v) is 5.81. The number of hydrogen-bond donors (Lipinski definition) is 0. The first kappa shape index (κ1) is 19.1. The summed E-state index contributed by atoms with van der Waals surface area (Å²) in [5, 5.41) is 0. The van der Waals surface area contributed by atoms with Crippen molar-refractivity contribution < 1.29 is 9.59 Å². The van der Waals surface area contributed by atoms with Gasteiger partial charge < -0.3 is 4.90 Å². The molecule has 146 valence electrons. The quantitative estimate of drug-likeness (QED) is 0.625. The van der Waals surface area contributed by atoms with E-state index < -0.39 is 0 Å². The number of likely N-dealkylation sites (tertiary alicyclic amines) is 1. The first-order chi connectivity index (χ1) is 14.1. The van der Waals surface area contributed by atoms with Gasteiger partial charge in [-0.05, 0) is 23.1 Å². The molecular formula is C26H25NO2. The molecule has 0 bridgehead atoms. The Morgan fingerprint density at radius 2 is 1.34 bits per heavy atom. The SMILES string of the molecule is CC(=O)N1C(c2ccccc2)CC(=O)C(Cc2ccccc2)C1c1ccccc1. The first-order valence-electron chi connectivity index (χ1n) is 10.1. The van der Waals surface area contributed by atoms with Gasteiger partial charge in [0, 0.05) is 19.3 Å². The van der Waals surface area contributed by atoms with E-state index in [2.05, 4.69) is 12.1 Å². The summed E-state index contributed by atoms with van der Waals surface area (Å²) in [6, 6.07) is 29.4. The number of ketones is 1. The van der Waals surface area contributed by atoms with Gasteiger partial charge in [0.2, 0.25) is 5.91 Å². The van der Waals surface area contributed by atoms with Crippen molar-refractivity contribution in [3.8, 4) is 0 Å². The minimum atomic E-state index is -0.277. The molecule has 4 rings (SSSR count). The van der Waals surface area contributed by atoms with Crippen molar-refractivity contribution in [3.63, 3.8) is 0 Å². The van der Waals surface area contributed by atoms with Crippen LogP contribution in [0.1, 0.15) is 42.1 Å². The van der Waals surface area contributed by atoms with E-state index in [1.54, 1.807) is 6.92 Å². The van der Waals surface area contributed by atoms with Gasteiger partial charge in [-0.3, -0.25) is 9.59 Å². The Balaban J connectivity index is 1.80. The molecule has 3 heteroatoms. The second-order valence-electron chi connectivity index (χ2n) is 7.67. The number of amides is 1. The Hall–Kier alpha value is -3.20. The van der Waals surface area contributed by atoms with Crippen LogP contribution >= 0.6 is 0 Å². The summed E-state index contributed by atoms with van der Waals surface area (Å²) in [5.74, 6) is -0.0454. The zero-order valence-corrected chi connectivity index (χ0v) is 16.6. The zero-order chi connectivity index (χ0) is 20.2. The largest absolute Gasteiger partial charge is 0.328 e. The molecule has 1 heterocycles. The van der Waals surface area contributed by atoms with Gasteiger partial charge >= 0.3 is 0 Å². The summed E-state index contributed by atoms with van der Waals surface area (Å²) in [6.07, 6.45) is 0.981. The summed E-state index contributed by atoms with van der Waals surface area (Å²) < 4.78 is 0. The number of piperidine rings is 1. The highest BCUT2D eigenvalue weighted by Crippen LogP contribution is 2.44. The molecule has 3 nitrogen and oxygen atoms in total. The molecule has 0 aliphatic carbocycles. The van der Waals surface area contributed by atoms with E-state index in [0.717, 1.165) is 16.7 Å². The molecule has 1 aliphatic rings.